The molecule has 1 aliphatic carbocycles. The minimum Gasteiger partial charge on any atom is -0.399 e. The van der Waals surface area contributed by atoms with Crippen LogP contribution in [0.2, 0.25) is 0 Å². The molecule has 4 aliphatic heterocycles. The van der Waals surface area contributed by atoms with E-state index in [-0.39, 0.29) is 36.6 Å². The highest BCUT2D eigenvalue weighted by atomic mass is 16.7. The van der Waals surface area contributed by atoms with Crippen LogP contribution >= 0.6 is 0 Å². The molecule has 8 nitrogen and oxygen atoms in total. The number of unbranched alkanes of at least 4 members (excludes halogenated alkanes) is 4. The van der Waals surface area contributed by atoms with Gasteiger partial charge in [0.25, 0.3) is 0 Å². The molecule has 4 fully saturated rings. The van der Waals surface area contributed by atoms with Gasteiger partial charge in [0.1, 0.15) is 0 Å². The average Bonchev–Trinajstić information content (AvgIpc) is 1.67. The van der Waals surface area contributed by atoms with Gasteiger partial charge in [0.2, 0.25) is 0 Å². The van der Waals surface area contributed by atoms with Crippen molar-refractivity contribution >= 4 is 62.5 Å². The van der Waals surface area contributed by atoms with Crippen LogP contribution in [0.3, 0.4) is 0 Å². The molecule has 0 N–H and O–H groups in total. The van der Waals surface area contributed by atoms with Crippen LogP contribution in [0, 0.1) is 0 Å². The first-order valence-electron chi connectivity index (χ1n) is 31.3. The maximum atomic E-state index is 6.59. The highest BCUT2D eigenvalue weighted by Gasteiger charge is 2.57. The zero-order valence-corrected chi connectivity index (χ0v) is 54.5. The molecule has 0 spiro atoms. The van der Waals surface area contributed by atoms with Crippen LogP contribution in [0.15, 0.2) is 136 Å². The van der Waals surface area contributed by atoms with E-state index in [1.165, 1.54) is 44.5 Å². The first-order valence-corrected chi connectivity index (χ1v) is 31.3. The highest BCUT2D eigenvalue weighted by molar-refractivity contribution is 6.65. The van der Waals surface area contributed by atoms with Crippen LogP contribution in [0.1, 0.15) is 194 Å². The van der Waals surface area contributed by atoms with Gasteiger partial charge in [0, 0.05) is 5.41 Å². The molecule has 5 aromatic carbocycles. The van der Waals surface area contributed by atoms with Gasteiger partial charge in [0.05, 0.1) is 44.8 Å². The summed E-state index contributed by atoms with van der Waals surface area (Å²) in [5.41, 5.74) is 13.0. The Morgan fingerprint density at radius 2 is 0.647 bits per heavy atom. The zero-order valence-electron chi connectivity index (χ0n) is 54.5. The molecule has 4 saturated heterocycles. The van der Waals surface area contributed by atoms with Crippen molar-refractivity contribution in [3.05, 3.63) is 180 Å². The van der Waals surface area contributed by atoms with E-state index in [0.717, 1.165) is 97.2 Å². The molecule has 0 amide bonds. The largest absolute Gasteiger partial charge is 0.495 e. The van der Waals surface area contributed by atoms with Crippen molar-refractivity contribution in [1.82, 2.24) is 0 Å². The van der Waals surface area contributed by atoms with E-state index in [0.29, 0.717) is 0 Å². The summed E-state index contributed by atoms with van der Waals surface area (Å²) < 4.78 is 52.5. The third-order valence-electron chi connectivity index (χ3n) is 20.5. The minimum absolute atomic E-state index is 0.383. The molecule has 0 unspecified atom stereocenters. The standard InChI is InChI=1S/C43H48B2O4.C30H48B2O4/c1-11-29-13-17-31(18-14-29)27-43(28-32-19-15-30(12-2)16-20-32)37-25-33(44-46-39(3,4)40(5,6)47-44)21-23-35(37)36-24-22-34(26-38(36)43)45-48-41(7,8)42(9,10)49-45;1-11-13-15-17-19-23-21-26(32-35-29(7,8)30(9,10)36-32)24(20-18-16-14-12-2)22-25(23)31-33-27(3,4)28(5,6)34-31/h11-26H,1-2,27-28H2,3-10H3;11-12,21-22H,1-2,13-20H2,3-10H3. The average molecular weight is 1140 g/mol. The highest BCUT2D eigenvalue weighted by Crippen LogP contribution is 2.53. The summed E-state index contributed by atoms with van der Waals surface area (Å²) in [5.74, 6) is 0. The summed E-state index contributed by atoms with van der Waals surface area (Å²) >= 11 is 0. The lowest BCUT2D eigenvalue weighted by molar-refractivity contribution is 0.00578. The third kappa shape index (κ3) is 12.8. The molecule has 0 atom stereocenters. The minimum atomic E-state index is -0.462. The fourth-order valence-corrected chi connectivity index (χ4v) is 12.2. The van der Waals surface area contributed by atoms with Crippen molar-refractivity contribution in [1.29, 1.82) is 0 Å². The monoisotopic (exact) mass is 1140 g/mol. The lowest BCUT2D eigenvalue weighted by Gasteiger charge is -2.34. The molecule has 0 aromatic heterocycles. The van der Waals surface area contributed by atoms with Crippen LogP contribution in [-0.4, -0.2) is 73.3 Å². The van der Waals surface area contributed by atoms with Crippen molar-refractivity contribution in [2.24, 2.45) is 0 Å². The lowest BCUT2D eigenvalue weighted by Crippen LogP contribution is -2.43. The van der Waals surface area contributed by atoms with Crippen molar-refractivity contribution in [2.45, 2.75) is 225 Å². The predicted octanol–water partition coefficient (Wildman–Crippen LogP) is 14.4. The van der Waals surface area contributed by atoms with E-state index < -0.39 is 42.1 Å². The van der Waals surface area contributed by atoms with Crippen molar-refractivity contribution in [3.8, 4) is 11.1 Å². The van der Waals surface area contributed by atoms with E-state index in [2.05, 4.69) is 234 Å². The Morgan fingerprint density at radius 3 is 0.929 bits per heavy atom. The maximum absolute atomic E-state index is 6.59. The van der Waals surface area contributed by atoms with Crippen molar-refractivity contribution < 1.29 is 37.2 Å². The molecule has 12 heteroatoms. The topological polar surface area (TPSA) is 73.8 Å². The number of allylic oxidation sites excluding steroid dienone is 2. The third-order valence-corrected chi connectivity index (χ3v) is 20.5. The second-order valence-corrected chi connectivity index (χ2v) is 28.6. The smallest absolute Gasteiger partial charge is 0.399 e. The van der Waals surface area contributed by atoms with E-state index in [4.69, 9.17) is 37.2 Å². The molecule has 5 aromatic rings. The first kappa shape index (κ1) is 64.5. The van der Waals surface area contributed by atoms with Gasteiger partial charge in [-0.05, 0) is 252 Å². The van der Waals surface area contributed by atoms with Crippen molar-refractivity contribution in [2.75, 3.05) is 0 Å². The molecule has 0 saturated carbocycles. The fourth-order valence-electron chi connectivity index (χ4n) is 12.2. The summed E-state index contributed by atoms with van der Waals surface area (Å²) in [6, 6.07) is 35.9. The van der Waals surface area contributed by atoms with Gasteiger partial charge in [-0.2, -0.15) is 0 Å². The van der Waals surface area contributed by atoms with Gasteiger partial charge < -0.3 is 37.2 Å². The summed E-state index contributed by atoms with van der Waals surface area (Å²) in [4.78, 5) is 0. The van der Waals surface area contributed by atoms with E-state index in [9.17, 15) is 0 Å². The van der Waals surface area contributed by atoms with E-state index in [1.807, 2.05) is 24.3 Å². The van der Waals surface area contributed by atoms with Crippen LogP contribution in [-0.2, 0) is 68.3 Å². The normalized spacial score (nSPS) is 21.0. The second-order valence-electron chi connectivity index (χ2n) is 28.6. The molecule has 0 radical (unpaired) electrons. The Morgan fingerprint density at radius 1 is 0.353 bits per heavy atom. The molecule has 5 aliphatic rings. The van der Waals surface area contributed by atoms with Crippen LogP contribution < -0.4 is 21.9 Å². The van der Waals surface area contributed by atoms with Gasteiger partial charge in [-0.1, -0.05) is 135 Å². The molecule has 4 heterocycles. The summed E-state index contributed by atoms with van der Waals surface area (Å²) in [7, 11) is -1.70. The Labute approximate surface area is 513 Å². The Hall–Kier alpha value is -5.00. The second kappa shape index (κ2) is 24.2. The van der Waals surface area contributed by atoms with Gasteiger partial charge in [0.15, 0.2) is 0 Å². The summed E-state index contributed by atoms with van der Waals surface area (Å²) in [6.07, 6.45) is 17.7. The Bertz CT molecular complexity index is 2980. The lowest BCUT2D eigenvalue weighted by atomic mass is 9.66. The number of hydrogen-bond acceptors (Lipinski definition) is 8. The number of aryl methyl sites for hydroxylation is 2. The van der Waals surface area contributed by atoms with Crippen LogP contribution in [0.4, 0.5) is 0 Å². The number of rotatable bonds is 20. The summed E-state index contributed by atoms with van der Waals surface area (Å²) in [6.45, 7) is 49.6. The number of benzene rings is 5. The van der Waals surface area contributed by atoms with Crippen LogP contribution in [0.25, 0.3) is 23.3 Å². The van der Waals surface area contributed by atoms with Crippen LogP contribution in [0.5, 0.6) is 0 Å². The SMILES string of the molecule is C=CCCCCc1cc(B2OC(C)(C)C(C)(C)O2)c(CCCCC=C)cc1B1OC(C)(C)C(C)(C)O1.C=Cc1ccc(CC2(Cc3ccc(C=C)cc3)c3cc(B4OC(C)(C)C(C)(C)O4)ccc3-c3ccc(B4OC(C)(C)C(C)(C)O4)cc32)cc1. The predicted molar refractivity (Wildman–Crippen MR) is 358 cm³/mol. The Kier molecular flexibility index (Phi) is 18.3. The molecule has 85 heavy (non-hydrogen) atoms. The summed E-state index contributed by atoms with van der Waals surface area (Å²) in [5, 5.41) is 0. The number of hydrogen-bond donors (Lipinski definition) is 0. The quantitative estimate of drug-likeness (QED) is 0.0434. The molecule has 10 rings (SSSR count). The van der Waals surface area contributed by atoms with E-state index >= 15 is 0 Å². The van der Waals surface area contributed by atoms with E-state index in [1.54, 1.807) is 0 Å². The van der Waals surface area contributed by atoms with Gasteiger partial charge in [-0.25, -0.2) is 0 Å². The van der Waals surface area contributed by atoms with Gasteiger partial charge >= 0.3 is 28.5 Å². The van der Waals surface area contributed by atoms with Gasteiger partial charge in [-0.15, -0.1) is 13.2 Å². The van der Waals surface area contributed by atoms with Gasteiger partial charge in [-0.3, -0.25) is 0 Å². The maximum Gasteiger partial charge on any atom is 0.495 e. The molecule has 448 valence electrons. The molecule has 0 bridgehead atoms. The fraction of sp³-hybridized carbons (Fsp3) is 0.479. The zero-order chi connectivity index (χ0) is 61.8. The van der Waals surface area contributed by atoms with Crippen molar-refractivity contribution in [3.63, 3.8) is 0 Å². The molecular weight excluding hydrogens is 1050 g/mol. The Balaban J connectivity index is 0.000000214. The first-order chi connectivity index (χ1) is 39.8. The number of fused-ring (bicyclic) bond motifs is 3. The molecular formula is C73H96B4O8.